The standard InChI is InChI=1S/2C29H36F2N8.2C25H27F2N7.2ClH/c2*1-17-20-8-9-25(34-23(20)10-11-38(17)13-12-37(6)7)35-28-32-16-22(31)26(36-28)19-14-21(30)27-24(15-19)39(18(2)33-27)29(3,4)5;2*1-13-16-6-7-21(31-19(16)8-9-28-13)32-24-29-12-18(27)22(33-24)15-10-17(26)23-20(11-15)34(14(2)30-23)25(3,4)5;;/h2*8-9,14-17H,10-13H2,1-7H3,(H,32,34,35,36);2*6-7,10-13,28H,8-9H2,1-5H3,(H,29,31,32,33);2*1H/t2*17-;2*13-;;/m1010../s1. The number of fused-ring (bicyclic) bond motifs is 8. The summed E-state index contributed by atoms with van der Waals surface area (Å²) in [5.74, 6) is 1.19. The Morgan fingerprint density at radius 1 is 0.318 bits per heavy atom. The number of anilines is 8. The summed E-state index contributed by atoms with van der Waals surface area (Å²) in [6.45, 7) is 47.8. The van der Waals surface area contributed by atoms with E-state index >= 15 is 17.6 Å². The first-order chi connectivity index (χ1) is 69.1. The highest BCUT2D eigenvalue weighted by Crippen LogP contribution is 2.41. The smallest absolute Gasteiger partial charge is 0.229 e. The number of likely N-dealkylation sites (N-methyl/N-ethyl adjacent to an activating group) is 2. The van der Waals surface area contributed by atoms with Crippen LogP contribution >= 0.6 is 24.8 Å². The average Bonchev–Trinajstić information content (AvgIpc) is 1.61. The quantitative estimate of drug-likeness (QED) is 0.0435. The van der Waals surface area contributed by atoms with Crippen LogP contribution in [0, 0.1) is 74.2 Å². The van der Waals surface area contributed by atoms with Gasteiger partial charge in [-0.25, -0.2) is 115 Å². The van der Waals surface area contributed by atoms with Crippen molar-refractivity contribution in [2.45, 2.75) is 210 Å². The summed E-state index contributed by atoms with van der Waals surface area (Å²) in [6.07, 6.45) is 7.71. The second kappa shape index (κ2) is 43.5. The Morgan fingerprint density at radius 2 is 0.554 bits per heavy atom. The van der Waals surface area contributed by atoms with Gasteiger partial charge in [-0.1, -0.05) is 24.3 Å². The molecule has 0 saturated carbocycles. The van der Waals surface area contributed by atoms with Gasteiger partial charge in [-0.05, 0) is 262 Å². The van der Waals surface area contributed by atoms with Crippen molar-refractivity contribution >= 4 is 116 Å². The van der Waals surface area contributed by atoms with Crippen LogP contribution in [-0.4, -0.2) is 198 Å². The molecule has 20 rings (SSSR count). The van der Waals surface area contributed by atoms with Crippen molar-refractivity contribution in [1.29, 1.82) is 0 Å². The third-order valence-corrected chi connectivity index (χ3v) is 26.8. The van der Waals surface area contributed by atoms with Crippen molar-refractivity contribution in [2.75, 3.05) is 102 Å². The molecule has 16 aromatic rings. The third kappa shape index (κ3) is 23.2. The molecule has 4 aliphatic rings. The summed E-state index contributed by atoms with van der Waals surface area (Å²) >= 11 is 0. The normalized spacial score (nSPS) is 15.9. The zero-order chi connectivity index (χ0) is 105. The minimum Gasteiger partial charge on any atom is -0.323 e. The van der Waals surface area contributed by atoms with E-state index in [1.54, 1.807) is 24.3 Å². The second-order valence-corrected chi connectivity index (χ2v) is 42.3. The predicted molar refractivity (Wildman–Crippen MR) is 571 cm³/mol. The maximum atomic E-state index is 15.1. The van der Waals surface area contributed by atoms with Crippen LogP contribution in [-0.2, 0) is 47.8 Å². The molecule has 0 radical (unpaired) electrons. The Kier molecular flexibility index (Phi) is 32.0. The van der Waals surface area contributed by atoms with Crippen LogP contribution in [0.4, 0.5) is 82.2 Å². The fourth-order valence-electron chi connectivity index (χ4n) is 20.2. The molecule has 4 aliphatic heterocycles. The summed E-state index contributed by atoms with van der Waals surface area (Å²) in [5.41, 5.74) is 12.2. The van der Waals surface area contributed by atoms with Crippen LogP contribution in [0.25, 0.3) is 89.2 Å². The highest BCUT2D eigenvalue weighted by atomic mass is 35.5. The van der Waals surface area contributed by atoms with E-state index in [-0.39, 0.29) is 140 Å². The van der Waals surface area contributed by atoms with Crippen molar-refractivity contribution in [1.82, 2.24) is 128 Å². The number of hydrogen-bond donors (Lipinski definition) is 6. The number of nitrogens with one attached hydrogen (secondary N) is 6. The van der Waals surface area contributed by atoms with Gasteiger partial charge < -0.3 is 60.0 Å². The summed E-state index contributed by atoms with van der Waals surface area (Å²) in [7, 11) is 8.34. The molecule has 0 amide bonds. The molecular weight excluding hydrogens is 1940 g/mol. The molecule has 0 fully saturated rings. The fraction of sp³-hybridized carbons (Fsp3) is 0.407. The topological polar surface area (TPSA) is 311 Å². The van der Waals surface area contributed by atoms with Crippen molar-refractivity contribution in [3.05, 3.63) is 237 Å². The van der Waals surface area contributed by atoms with Gasteiger partial charge in [-0.2, -0.15) is 0 Å². The minimum atomic E-state index is -0.638. The molecule has 0 bridgehead atoms. The van der Waals surface area contributed by atoms with Gasteiger partial charge in [0.15, 0.2) is 46.5 Å². The maximum Gasteiger partial charge on any atom is 0.229 e. The number of rotatable bonds is 18. The maximum absolute atomic E-state index is 15.1. The lowest BCUT2D eigenvalue weighted by molar-refractivity contribution is 0.178. The van der Waals surface area contributed by atoms with E-state index in [9.17, 15) is 17.6 Å². The van der Waals surface area contributed by atoms with Gasteiger partial charge in [0.25, 0.3) is 0 Å². The van der Waals surface area contributed by atoms with E-state index in [0.717, 1.165) is 137 Å². The van der Waals surface area contributed by atoms with E-state index < -0.39 is 46.5 Å². The largest absolute Gasteiger partial charge is 0.323 e. The number of imidazole rings is 4. The average molecular weight is 2070 g/mol. The van der Waals surface area contributed by atoms with Gasteiger partial charge in [0.05, 0.1) is 46.9 Å². The highest BCUT2D eigenvalue weighted by Gasteiger charge is 2.34. The van der Waals surface area contributed by atoms with Gasteiger partial charge in [0.1, 0.15) is 91.4 Å². The molecule has 12 aromatic heterocycles. The number of hydrogen-bond acceptors (Lipinski definition) is 26. The fourth-order valence-corrected chi connectivity index (χ4v) is 20.2. The summed E-state index contributed by atoms with van der Waals surface area (Å²) in [6, 6.07) is 28.8. The molecule has 0 saturated heterocycles. The van der Waals surface area contributed by atoms with Crippen LogP contribution in [0.15, 0.2) is 122 Å². The Balaban J connectivity index is 0.000000147. The van der Waals surface area contributed by atoms with E-state index in [4.69, 9.17) is 9.97 Å². The van der Waals surface area contributed by atoms with E-state index in [1.807, 2.05) is 165 Å². The van der Waals surface area contributed by atoms with Crippen LogP contribution in [0.5, 0.6) is 0 Å². The van der Waals surface area contributed by atoms with Crippen molar-refractivity contribution in [2.24, 2.45) is 0 Å². The first-order valence-corrected chi connectivity index (χ1v) is 49.3. The number of aryl methyl sites for hydroxylation is 4. The molecule has 6 N–H and O–H groups in total. The van der Waals surface area contributed by atoms with Crippen LogP contribution in [0.1, 0.15) is 203 Å². The molecule has 16 heterocycles. The van der Waals surface area contributed by atoms with Crippen molar-refractivity contribution in [3.63, 3.8) is 0 Å². The molecule has 4 aromatic carbocycles. The van der Waals surface area contributed by atoms with Crippen molar-refractivity contribution < 1.29 is 35.1 Å². The Bertz CT molecular complexity index is 7200. The summed E-state index contributed by atoms with van der Waals surface area (Å²) in [5, 5.41) is 19.2. The Hall–Kier alpha value is -13.3. The molecule has 0 unspecified atom stereocenters. The predicted octanol–water partition coefficient (Wildman–Crippen LogP) is 22.1. The number of halogens is 10. The lowest BCUT2D eigenvalue weighted by atomic mass is 9.98. The van der Waals surface area contributed by atoms with Crippen LogP contribution in [0.2, 0.25) is 0 Å². The number of pyridine rings is 4. The third-order valence-electron chi connectivity index (χ3n) is 26.8. The lowest BCUT2D eigenvalue weighted by Gasteiger charge is -2.35. The van der Waals surface area contributed by atoms with Gasteiger partial charge in [0, 0.05) is 169 Å². The van der Waals surface area contributed by atoms with Gasteiger partial charge in [0.2, 0.25) is 23.8 Å². The summed E-state index contributed by atoms with van der Waals surface area (Å²) < 4.78 is 128. The van der Waals surface area contributed by atoms with Gasteiger partial charge >= 0.3 is 0 Å². The monoisotopic (exact) mass is 2070 g/mol. The lowest BCUT2D eigenvalue weighted by Crippen LogP contribution is -2.38. The molecular formula is C108H128Cl2F8N30. The highest BCUT2D eigenvalue weighted by molar-refractivity contribution is 5.88. The number of benzene rings is 4. The summed E-state index contributed by atoms with van der Waals surface area (Å²) in [4.78, 5) is 79.9. The van der Waals surface area contributed by atoms with E-state index in [1.165, 1.54) is 35.4 Å². The second-order valence-electron chi connectivity index (χ2n) is 42.3. The Morgan fingerprint density at radius 3 is 0.791 bits per heavy atom. The Labute approximate surface area is 868 Å². The van der Waals surface area contributed by atoms with E-state index in [0.29, 0.717) is 90.9 Å². The number of nitrogens with zero attached hydrogens (tertiary/aromatic N) is 24. The zero-order valence-electron chi connectivity index (χ0n) is 87.9. The SMILES string of the molecule is Cc1nc2c(F)cc(-c3nc(Nc4ccc5c(n4)CCN(CCN(C)C)[C@@H]5C)ncc3F)cc2n1C(C)(C)C.Cc1nc2c(F)cc(-c3nc(Nc4ccc5c(n4)CCN(CCN(C)C)[C@H]5C)ncc3F)cc2n1C(C)(C)C.Cc1nc2c(F)cc(-c3nc(Nc4ccc5c(n4)CCN[C@@H]5C)ncc3F)cc2n1C(C)(C)C.Cc1nc2c(F)cc(-c3nc(Nc4ccc5c(n4)CCN[C@H]5C)ncc3F)cc2n1C(C)(C)C.Cl.Cl. The first-order valence-electron chi connectivity index (χ1n) is 49.3. The minimum absolute atomic E-state index is 0. The zero-order valence-corrected chi connectivity index (χ0v) is 89.5. The van der Waals surface area contributed by atoms with Crippen LogP contribution in [0.3, 0.4) is 0 Å². The molecule has 0 aliphatic carbocycles. The molecule has 0 spiro atoms. The molecule has 40 heteroatoms. The first kappa shape index (κ1) is 109. The van der Waals surface area contributed by atoms with Gasteiger partial charge in [-0.15, -0.1) is 24.8 Å². The van der Waals surface area contributed by atoms with Crippen molar-refractivity contribution in [3.8, 4) is 45.0 Å². The van der Waals surface area contributed by atoms with Crippen LogP contribution < -0.4 is 31.9 Å². The van der Waals surface area contributed by atoms with E-state index in [2.05, 4.69) is 189 Å². The molecule has 780 valence electrons. The molecule has 30 nitrogen and oxygen atoms in total. The number of aromatic nitrogens is 20. The molecule has 148 heavy (non-hydrogen) atoms. The van der Waals surface area contributed by atoms with Gasteiger partial charge in [-0.3, -0.25) is 9.80 Å². The molecule has 4 atom stereocenters.